The number of rotatable bonds is 7. The molecule has 0 aromatic heterocycles. The molecule has 2 N–H and O–H groups in total. The van der Waals surface area contributed by atoms with E-state index < -0.39 is 5.54 Å². The lowest BCUT2D eigenvalue weighted by molar-refractivity contribution is 0.0852. The first-order valence-electron chi connectivity index (χ1n) is 10.5. The van der Waals surface area contributed by atoms with Crippen molar-refractivity contribution in [2.45, 2.75) is 18.9 Å². The Morgan fingerprint density at radius 1 is 0.968 bits per heavy atom. The monoisotopic (exact) mass is 410 g/mol. The average molecular weight is 411 g/mol. The molecule has 0 saturated carbocycles. The Bertz CT molecular complexity index is 1120. The first kappa shape index (κ1) is 20.8. The Hall–Kier alpha value is -3.50. The molecule has 156 valence electrons. The maximum absolute atomic E-state index is 13.2. The standard InChI is InChI=1S/C27H26N2O2/c1-27(19-30,17-20-10-4-2-5-11-20)29-26(31)24-15-9-8-14-23(24)25-16-22(18-28-25)21-12-6-3-7-13-21/h2-16,30H,17-19H2,1H3,(H,29,31). The van der Waals surface area contributed by atoms with E-state index >= 15 is 0 Å². The van der Waals surface area contributed by atoms with Gasteiger partial charge in [-0.15, -0.1) is 0 Å². The number of aliphatic hydroxyl groups is 1. The predicted octanol–water partition coefficient (Wildman–Crippen LogP) is 4.30. The van der Waals surface area contributed by atoms with Crippen molar-refractivity contribution in [3.8, 4) is 0 Å². The number of amides is 1. The van der Waals surface area contributed by atoms with Crippen LogP contribution in [0.3, 0.4) is 0 Å². The first-order chi connectivity index (χ1) is 15.1. The third kappa shape index (κ3) is 4.81. The molecule has 1 atom stereocenters. The molecular weight excluding hydrogens is 384 g/mol. The van der Waals surface area contributed by atoms with Gasteiger partial charge < -0.3 is 10.4 Å². The smallest absolute Gasteiger partial charge is 0.252 e. The van der Waals surface area contributed by atoms with E-state index in [4.69, 9.17) is 0 Å². The summed E-state index contributed by atoms with van der Waals surface area (Å²) in [5.41, 5.74) is 4.72. The lowest BCUT2D eigenvalue weighted by atomic mass is 9.92. The second-order valence-corrected chi connectivity index (χ2v) is 8.12. The second kappa shape index (κ2) is 9.11. The molecule has 0 bridgehead atoms. The van der Waals surface area contributed by atoms with Crippen molar-refractivity contribution in [3.05, 3.63) is 113 Å². The molecule has 4 heteroatoms. The largest absolute Gasteiger partial charge is 0.394 e. The van der Waals surface area contributed by atoms with Crippen LogP contribution in [0, 0.1) is 0 Å². The van der Waals surface area contributed by atoms with Crippen LogP contribution in [0.1, 0.15) is 34.0 Å². The zero-order valence-electron chi connectivity index (χ0n) is 17.6. The Morgan fingerprint density at radius 3 is 2.32 bits per heavy atom. The van der Waals surface area contributed by atoms with Gasteiger partial charge in [-0.05, 0) is 42.2 Å². The number of hydrogen-bond acceptors (Lipinski definition) is 3. The fraction of sp³-hybridized carbons (Fsp3) is 0.185. The van der Waals surface area contributed by atoms with E-state index in [0.717, 1.165) is 28.0 Å². The first-order valence-corrected chi connectivity index (χ1v) is 10.5. The highest BCUT2D eigenvalue weighted by Gasteiger charge is 2.28. The molecule has 3 aromatic rings. The molecule has 1 unspecified atom stereocenters. The summed E-state index contributed by atoms with van der Waals surface area (Å²) < 4.78 is 0. The second-order valence-electron chi connectivity index (χ2n) is 8.12. The number of hydrogen-bond donors (Lipinski definition) is 2. The summed E-state index contributed by atoms with van der Waals surface area (Å²) in [6, 6.07) is 27.5. The fourth-order valence-corrected chi connectivity index (χ4v) is 3.85. The van der Waals surface area contributed by atoms with Crippen LogP contribution in [0.25, 0.3) is 5.57 Å². The van der Waals surface area contributed by atoms with E-state index in [-0.39, 0.29) is 12.5 Å². The summed E-state index contributed by atoms with van der Waals surface area (Å²) >= 11 is 0. The molecule has 0 fully saturated rings. The third-order valence-electron chi connectivity index (χ3n) is 5.52. The number of benzene rings is 3. The molecule has 3 aromatic carbocycles. The molecule has 0 saturated heterocycles. The van der Waals surface area contributed by atoms with Gasteiger partial charge in [-0.2, -0.15) is 0 Å². The van der Waals surface area contributed by atoms with Crippen LogP contribution in [0.15, 0.2) is 96.0 Å². The number of allylic oxidation sites excluding steroid dienone is 1. The average Bonchev–Trinajstić information content (AvgIpc) is 3.30. The van der Waals surface area contributed by atoms with Crippen molar-refractivity contribution in [3.63, 3.8) is 0 Å². The fourth-order valence-electron chi connectivity index (χ4n) is 3.85. The van der Waals surface area contributed by atoms with Crippen LogP contribution in [0.2, 0.25) is 0 Å². The molecule has 0 radical (unpaired) electrons. The lowest BCUT2D eigenvalue weighted by Crippen LogP contribution is -2.50. The van der Waals surface area contributed by atoms with Gasteiger partial charge in [-0.3, -0.25) is 9.79 Å². The lowest BCUT2D eigenvalue weighted by Gasteiger charge is -2.29. The number of nitrogens with zero attached hydrogens (tertiary/aromatic N) is 1. The normalized spacial score (nSPS) is 15.0. The van der Waals surface area contributed by atoms with Crippen molar-refractivity contribution in [1.82, 2.24) is 5.32 Å². The minimum absolute atomic E-state index is 0.158. The molecule has 1 aliphatic rings. The molecule has 4 rings (SSSR count). The molecule has 31 heavy (non-hydrogen) atoms. The third-order valence-corrected chi connectivity index (χ3v) is 5.52. The highest BCUT2D eigenvalue weighted by molar-refractivity contribution is 6.19. The van der Waals surface area contributed by atoms with Crippen LogP contribution in [0.5, 0.6) is 0 Å². The minimum Gasteiger partial charge on any atom is -0.394 e. The molecule has 0 spiro atoms. The van der Waals surface area contributed by atoms with Crippen molar-refractivity contribution in [2.24, 2.45) is 4.99 Å². The summed E-state index contributed by atoms with van der Waals surface area (Å²) in [7, 11) is 0. The summed E-state index contributed by atoms with van der Waals surface area (Å²) in [5.74, 6) is -0.215. The Balaban J connectivity index is 1.57. The summed E-state index contributed by atoms with van der Waals surface area (Å²) in [6.45, 7) is 2.30. The van der Waals surface area contributed by atoms with E-state index in [0.29, 0.717) is 18.5 Å². The van der Waals surface area contributed by atoms with Gasteiger partial charge in [0, 0.05) is 11.1 Å². The number of carbonyl (C=O) groups is 1. The van der Waals surface area contributed by atoms with Crippen molar-refractivity contribution < 1.29 is 9.90 Å². The van der Waals surface area contributed by atoms with Crippen LogP contribution in [-0.4, -0.2) is 35.4 Å². The summed E-state index contributed by atoms with van der Waals surface area (Å²) in [5, 5.41) is 13.1. The maximum atomic E-state index is 13.2. The highest BCUT2D eigenvalue weighted by atomic mass is 16.3. The van der Waals surface area contributed by atoms with Gasteiger partial charge in [0.2, 0.25) is 0 Å². The number of aliphatic hydroxyl groups excluding tert-OH is 1. The summed E-state index contributed by atoms with van der Waals surface area (Å²) in [4.78, 5) is 17.9. The van der Waals surface area contributed by atoms with Gasteiger partial charge in [0.1, 0.15) is 0 Å². The molecule has 1 heterocycles. The quantitative estimate of drug-likeness (QED) is 0.610. The molecule has 4 nitrogen and oxygen atoms in total. The van der Waals surface area contributed by atoms with E-state index in [1.165, 1.54) is 0 Å². The van der Waals surface area contributed by atoms with Crippen LogP contribution < -0.4 is 5.32 Å². The van der Waals surface area contributed by atoms with Crippen LogP contribution in [0.4, 0.5) is 0 Å². The zero-order chi connectivity index (χ0) is 21.7. The topological polar surface area (TPSA) is 61.7 Å². The van der Waals surface area contributed by atoms with E-state index in [2.05, 4.69) is 28.5 Å². The predicted molar refractivity (Wildman–Crippen MR) is 125 cm³/mol. The van der Waals surface area contributed by atoms with Gasteiger partial charge in [-0.25, -0.2) is 0 Å². The number of aliphatic imine (C=N–C) groups is 1. The molecule has 1 aliphatic heterocycles. The van der Waals surface area contributed by atoms with Gasteiger partial charge >= 0.3 is 0 Å². The van der Waals surface area contributed by atoms with Gasteiger partial charge in [0.25, 0.3) is 5.91 Å². The Morgan fingerprint density at radius 2 is 1.61 bits per heavy atom. The van der Waals surface area contributed by atoms with Crippen LogP contribution in [-0.2, 0) is 6.42 Å². The summed E-state index contributed by atoms with van der Waals surface area (Å²) in [6.07, 6.45) is 2.59. The van der Waals surface area contributed by atoms with Crippen molar-refractivity contribution in [2.75, 3.05) is 13.2 Å². The van der Waals surface area contributed by atoms with Gasteiger partial charge in [-0.1, -0.05) is 78.9 Å². The van der Waals surface area contributed by atoms with E-state index in [1.807, 2.05) is 79.7 Å². The van der Waals surface area contributed by atoms with E-state index in [1.54, 1.807) is 0 Å². The van der Waals surface area contributed by atoms with E-state index in [9.17, 15) is 9.90 Å². The number of carbonyl (C=O) groups excluding carboxylic acids is 1. The number of nitrogens with one attached hydrogen (secondary N) is 1. The van der Waals surface area contributed by atoms with Crippen molar-refractivity contribution in [1.29, 1.82) is 0 Å². The van der Waals surface area contributed by atoms with Crippen molar-refractivity contribution >= 4 is 17.2 Å². The maximum Gasteiger partial charge on any atom is 0.252 e. The van der Waals surface area contributed by atoms with Gasteiger partial charge in [0.15, 0.2) is 0 Å². The Kier molecular flexibility index (Phi) is 6.10. The van der Waals surface area contributed by atoms with Gasteiger partial charge in [0.05, 0.1) is 24.4 Å². The zero-order valence-corrected chi connectivity index (χ0v) is 17.6. The SMILES string of the molecule is CC(CO)(Cc1ccccc1)NC(=O)c1ccccc1C1=NCC(c2ccccc2)=C1. The highest BCUT2D eigenvalue weighted by Crippen LogP contribution is 2.24. The Labute approximate surface area is 183 Å². The minimum atomic E-state index is -0.770. The molecule has 0 aliphatic carbocycles. The van der Waals surface area contributed by atoms with Crippen LogP contribution >= 0.6 is 0 Å². The molecule has 1 amide bonds. The molecular formula is C27H26N2O2.